The lowest BCUT2D eigenvalue weighted by Crippen LogP contribution is -2.46. The van der Waals surface area contributed by atoms with E-state index in [9.17, 15) is 4.79 Å². The van der Waals surface area contributed by atoms with Gasteiger partial charge in [0.15, 0.2) is 0 Å². The first-order chi connectivity index (χ1) is 9.02. The first-order valence-corrected chi connectivity index (χ1v) is 6.48. The number of ether oxygens (including phenoxy) is 1. The molecule has 2 heterocycles. The minimum Gasteiger partial charge on any atom is -0.477 e. The summed E-state index contributed by atoms with van der Waals surface area (Å²) in [5.41, 5.74) is 0.984. The molecule has 0 radical (unpaired) electrons. The van der Waals surface area contributed by atoms with Crippen LogP contribution in [0.4, 0.5) is 0 Å². The molecule has 0 aromatic carbocycles. The smallest absolute Gasteiger partial charge is 0.354 e. The Balaban J connectivity index is 2.04. The lowest BCUT2D eigenvalue weighted by molar-refractivity contribution is -0.0527. The highest BCUT2D eigenvalue weighted by molar-refractivity contribution is 5.85. The summed E-state index contributed by atoms with van der Waals surface area (Å²) in [7, 11) is 1.75. The molecule has 2 rings (SSSR count). The molecular formula is C14H20N2O3. The topological polar surface area (TPSA) is 62.7 Å². The standard InChI is InChI=1S/C14H20N2O3/c1-14(19-2)5-3-7-16(10-14)9-11-4-6-15-12(8-11)13(17)18/h4,6,8H,3,5,7,9-10H2,1-2H3,(H,17,18). The third-order valence-electron chi connectivity index (χ3n) is 3.68. The molecule has 1 unspecified atom stereocenters. The highest BCUT2D eigenvalue weighted by Gasteiger charge is 2.30. The second-order valence-electron chi connectivity index (χ2n) is 5.32. The van der Waals surface area contributed by atoms with E-state index >= 15 is 0 Å². The lowest BCUT2D eigenvalue weighted by Gasteiger charge is -2.39. The number of piperidine rings is 1. The molecule has 104 valence electrons. The Morgan fingerprint density at radius 3 is 3.11 bits per heavy atom. The van der Waals surface area contributed by atoms with Crippen LogP contribution in [0.2, 0.25) is 0 Å². The summed E-state index contributed by atoms with van der Waals surface area (Å²) < 4.78 is 5.56. The maximum Gasteiger partial charge on any atom is 0.354 e. The summed E-state index contributed by atoms with van der Waals surface area (Å²) in [5, 5.41) is 8.94. The van der Waals surface area contributed by atoms with Gasteiger partial charge in [0, 0.05) is 26.4 Å². The van der Waals surface area contributed by atoms with Crippen molar-refractivity contribution in [1.82, 2.24) is 9.88 Å². The summed E-state index contributed by atoms with van der Waals surface area (Å²) in [5.74, 6) is -0.984. The zero-order valence-electron chi connectivity index (χ0n) is 11.4. The highest BCUT2D eigenvalue weighted by atomic mass is 16.5. The van der Waals surface area contributed by atoms with Crippen molar-refractivity contribution in [2.45, 2.75) is 31.9 Å². The number of carboxylic acid groups (broad SMARTS) is 1. The molecule has 5 heteroatoms. The van der Waals surface area contributed by atoms with Crippen molar-refractivity contribution in [3.63, 3.8) is 0 Å². The van der Waals surface area contributed by atoms with Gasteiger partial charge in [-0.3, -0.25) is 4.90 Å². The molecule has 1 N–H and O–H groups in total. The Kier molecular flexibility index (Phi) is 4.17. The average Bonchev–Trinajstić information content (AvgIpc) is 2.39. The lowest BCUT2D eigenvalue weighted by atomic mass is 9.94. The van der Waals surface area contributed by atoms with Crippen molar-refractivity contribution in [2.24, 2.45) is 0 Å². The van der Waals surface area contributed by atoms with Gasteiger partial charge in [0.05, 0.1) is 5.60 Å². The van der Waals surface area contributed by atoms with E-state index < -0.39 is 5.97 Å². The Labute approximate surface area is 113 Å². The minimum absolute atomic E-state index is 0.0963. The number of hydrogen-bond donors (Lipinski definition) is 1. The van der Waals surface area contributed by atoms with Gasteiger partial charge in [-0.15, -0.1) is 0 Å². The molecule has 0 aliphatic carbocycles. The summed E-state index contributed by atoms with van der Waals surface area (Å²) in [4.78, 5) is 17.0. The van der Waals surface area contributed by atoms with Gasteiger partial charge in [0.1, 0.15) is 5.69 Å². The van der Waals surface area contributed by atoms with Gasteiger partial charge in [0.2, 0.25) is 0 Å². The third-order valence-corrected chi connectivity index (χ3v) is 3.68. The van der Waals surface area contributed by atoms with Gasteiger partial charge in [-0.2, -0.15) is 0 Å². The molecule has 0 spiro atoms. The van der Waals surface area contributed by atoms with Crippen LogP contribution < -0.4 is 0 Å². The van der Waals surface area contributed by atoms with Crippen LogP contribution in [0.15, 0.2) is 18.3 Å². The van der Waals surface area contributed by atoms with E-state index in [0.717, 1.165) is 38.0 Å². The van der Waals surface area contributed by atoms with Gasteiger partial charge in [0.25, 0.3) is 0 Å². The molecule has 1 aliphatic heterocycles. The van der Waals surface area contributed by atoms with Crippen LogP contribution >= 0.6 is 0 Å². The van der Waals surface area contributed by atoms with Crippen molar-refractivity contribution in [2.75, 3.05) is 20.2 Å². The normalized spacial score (nSPS) is 24.3. The monoisotopic (exact) mass is 264 g/mol. The largest absolute Gasteiger partial charge is 0.477 e. The van der Waals surface area contributed by atoms with E-state index in [1.54, 1.807) is 19.4 Å². The van der Waals surface area contributed by atoms with Crippen molar-refractivity contribution in [3.05, 3.63) is 29.6 Å². The quantitative estimate of drug-likeness (QED) is 0.898. The van der Waals surface area contributed by atoms with E-state index in [2.05, 4.69) is 16.8 Å². The maximum absolute atomic E-state index is 10.9. The number of aromatic carboxylic acids is 1. The summed E-state index contributed by atoms with van der Waals surface area (Å²) >= 11 is 0. The summed E-state index contributed by atoms with van der Waals surface area (Å²) in [6, 6.07) is 3.51. The zero-order chi connectivity index (χ0) is 13.9. The predicted octanol–water partition coefficient (Wildman–Crippen LogP) is 1.78. The number of carboxylic acids is 1. The van der Waals surface area contributed by atoms with Crippen LogP contribution in [-0.4, -0.2) is 46.8 Å². The number of rotatable bonds is 4. The average molecular weight is 264 g/mol. The van der Waals surface area contributed by atoms with E-state index in [-0.39, 0.29) is 11.3 Å². The Hall–Kier alpha value is -1.46. The van der Waals surface area contributed by atoms with Crippen LogP contribution in [0, 0.1) is 0 Å². The van der Waals surface area contributed by atoms with Crippen molar-refractivity contribution < 1.29 is 14.6 Å². The van der Waals surface area contributed by atoms with Crippen molar-refractivity contribution in [1.29, 1.82) is 0 Å². The van der Waals surface area contributed by atoms with Gasteiger partial charge in [-0.1, -0.05) is 0 Å². The molecule has 5 nitrogen and oxygen atoms in total. The van der Waals surface area contributed by atoms with Crippen LogP contribution in [0.1, 0.15) is 35.8 Å². The SMILES string of the molecule is COC1(C)CCCN(Cc2ccnc(C(=O)O)c2)C1. The minimum atomic E-state index is -0.984. The second kappa shape index (κ2) is 5.67. The van der Waals surface area contributed by atoms with Gasteiger partial charge in [-0.25, -0.2) is 9.78 Å². The van der Waals surface area contributed by atoms with Crippen LogP contribution in [0.3, 0.4) is 0 Å². The van der Waals surface area contributed by atoms with E-state index in [1.807, 2.05) is 6.07 Å². The van der Waals surface area contributed by atoms with Crippen LogP contribution in [0.5, 0.6) is 0 Å². The molecule has 1 fully saturated rings. The molecule has 1 saturated heterocycles. The van der Waals surface area contributed by atoms with Crippen molar-refractivity contribution >= 4 is 5.97 Å². The first kappa shape index (κ1) is 14.0. The van der Waals surface area contributed by atoms with Gasteiger partial charge in [-0.05, 0) is 44.0 Å². The Morgan fingerprint density at radius 2 is 2.42 bits per heavy atom. The van der Waals surface area contributed by atoms with Gasteiger partial charge < -0.3 is 9.84 Å². The fourth-order valence-corrected chi connectivity index (χ4v) is 2.56. The Bertz CT molecular complexity index is 464. The molecule has 0 saturated carbocycles. The number of likely N-dealkylation sites (tertiary alicyclic amines) is 1. The van der Waals surface area contributed by atoms with Crippen LogP contribution in [0.25, 0.3) is 0 Å². The number of aromatic nitrogens is 1. The summed E-state index contributed by atoms with van der Waals surface area (Å²) in [6.45, 7) is 4.74. The van der Waals surface area contributed by atoms with Crippen molar-refractivity contribution in [3.8, 4) is 0 Å². The Morgan fingerprint density at radius 1 is 1.63 bits per heavy atom. The molecule has 0 amide bonds. The van der Waals surface area contributed by atoms with E-state index in [0.29, 0.717) is 0 Å². The summed E-state index contributed by atoms with van der Waals surface area (Å²) in [6.07, 6.45) is 3.72. The number of carbonyl (C=O) groups is 1. The number of pyridine rings is 1. The number of nitrogens with zero attached hydrogens (tertiary/aromatic N) is 2. The number of methoxy groups -OCH3 is 1. The third kappa shape index (κ3) is 3.52. The zero-order valence-corrected chi connectivity index (χ0v) is 11.4. The van der Waals surface area contributed by atoms with E-state index in [4.69, 9.17) is 9.84 Å². The molecule has 1 aromatic heterocycles. The highest BCUT2D eigenvalue weighted by Crippen LogP contribution is 2.24. The molecule has 1 aliphatic rings. The first-order valence-electron chi connectivity index (χ1n) is 6.48. The predicted molar refractivity (Wildman–Crippen MR) is 71.1 cm³/mol. The maximum atomic E-state index is 10.9. The second-order valence-corrected chi connectivity index (χ2v) is 5.32. The van der Waals surface area contributed by atoms with E-state index in [1.165, 1.54) is 0 Å². The fourth-order valence-electron chi connectivity index (χ4n) is 2.56. The molecule has 0 bridgehead atoms. The molecular weight excluding hydrogens is 244 g/mol. The fraction of sp³-hybridized carbons (Fsp3) is 0.571. The van der Waals surface area contributed by atoms with Crippen LogP contribution in [-0.2, 0) is 11.3 Å². The number of hydrogen-bond acceptors (Lipinski definition) is 4. The molecule has 19 heavy (non-hydrogen) atoms. The molecule has 1 atom stereocenters. The molecule has 1 aromatic rings. The van der Waals surface area contributed by atoms with Gasteiger partial charge >= 0.3 is 5.97 Å².